The molecule has 0 atom stereocenters. The third kappa shape index (κ3) is 5.03. The molecule has 0 saturated carbocycles. The molecule has 0 N–H and O–H groups in total. The summed E-state index contributed by atoms with van der Waals surface area (Å²) in [5.41, 5.74) is 3.79. The van der Waals surface area contributed by atoms with Gasteiger partial charge in [0.05, 0.1) is 0 Å². The largest absolute Gasteiger partial charge is 0.295 e. The van der Waals surface area contributed by atoms with Gasteiger partial charge in [0, 0.05) is 33.2 Å². The molecule has 2 aromatic rings. The van der Waals surface area contributed by atoms with E-state index in [2.05, 4.69) is 43.7 Å². The average molecular weight is 475 g/mol. The summed E-state index contributed by atoms with van der Waals surface area (Å²) in [7, 11) is 0. The fraction of sp³-hybridized carbons (Fsp3) is 0.227. The van der Waals surface area contributed by atoms with E-state index in [1.807, 2.05) is 60.7 Å². The van der Waals surface area contributed by atoms with Gasteiger partial charge in [-0.15, -0.1) is 0 Å². The van der Waals surface area contributed by atoms with E-state index in [4.69, 9.17) is 0 Å². The van der Waals surface area contributed by atoms with Gasteiger partial charge in [-0.3, -0.25) is 9.69 Å². The maximum atomic E-state index is 13.1. The first-order valence-corrected chi connectivity index (χ1v) is 10.3. The third-order valence-corrected chi connectivity index (χ3v) is 5.28. The first-order valence-electron chi connectivity index (χ1n) is 8.74. The van der Waals surface area contributed by atoms with Crippen LogP contribution >= 0.6 is 31.9 Å². The molecule has 1 aliphatic heterocycles. The van der Waals surface area contributed by atoms with Crippen LogP contribution in [0, 0.1) is 0 Å². The Balaban J connectivity index is 1.96. The second-order valence-electron chi connectivity index (χ2n) is 6.49. The minimum absolute atomic E-state index is 0.150. The number of rotatable bonds is 4. The standard InChI is InChI=1S/C22H21Br2NO/c1-2-9-25-14-18(10-16-5-3-7-20(23)12-16)22(26)19(15-25)11-17-6-4-8-21(24)13-17/h3-8,10-13H,2,9,14-15H2,1H3/b18-10-,19-11+. The molecule has 0 aromatic heterocycles. The van der Waals surface area contributed by atoms with Gasteiger partial charge >= 0.3 is 0 Å². The highest BCUT2D eigenvalue weighted by Crippen LogP contribution is 2.24. The number of piperidine rings is 1. The van der Waals surface area contributed by atoms with Crippen molar-refractivity contribution in [1.29, 1.82) is 0 Å². The number of benzene rings is 2. The van der Waals surface area contributed by atoms with Crippen LogP contribution in [0.15, 0.2) is 68.6 Å². The van der Waals surface area contributed by atoms with Crippen LogP contribution in [0.1, 0.15) is 24.5 Å². The van der Waals surface area contributed by atoms with E-state index in [1.165, 1.54) is 0 Å². The SMILES string of the molecule is CCCN1C/C(=C/c2cccc(Br)c2)C(=O)/C(=C/c2cccc(Br)c2)C1. The lowest BCUT2D eigenvalue weighted by atomic mass is 9.94. The third-order valence-electron chi connectivity index (χ3n) is 4.29. The van der Waals surface area contributed by atoms with Gasteiger partial charge in [0.15, 0.2) is 5.78 Å². The number of hydrogen-bond donors (Lipinski definition) is 0. The van der Waals surface area contributed by atoms with Gasteiger partial charge in [-0.05, 0) is 60.5 Å². The maximum absolute atomic E-state index is 13.1. The first-order chi connectivity index (χ1) is 12.5. The second kappa shape index (κ2) is 8.94. The van der Waals surface area contributed by atoms with Gasteiger partial charge in [0.1, 0.15) is 0 Å². The lowest BCUT2D eigenvalue weighted by Gasteiger charge is -2.29. The molecule has 4 heteroatoms. The lowest BCUT2D eigenvalue weighted by Crippen LogP contribution is -2.38. The Hall–Kier alpha value is -1.49. The van der Waals surface area contributed by atoms with Crippen molar-refractivity contribution < 1.29 is 4.79 Å². The second-order valence-corrected chi connectivity index (χ2v) is 8.32. The summed E-state index contributed by atoms with van der Waals surface area (Å²) in [6, 6.07) is 16.1. The van der Waals surface area contributed by atoms with E-state index in [0.717, 1.165) is 44.2 Å². The van der Waals surface area contributed by atoms with Gasteiger partial charge in [-0.25, -0.2) is 0 Å². The molecule has 1 heterocycles. The minimum Gasteiger partial charge on any atom is -0.295 e. The highest BCUT2D eigenvalue weighted by Gasteiger charge is 2.25. The Morgan fingerprint density at radius 3 is 1.85 bits per heavy atom. The Labute approximate surface area is 171 Å². The summed E-state index contributed by atoms with van der Waals surface area (Å²) in [5.74, 6) is 0.150. The Bertz CT molecular complexity index is 802. The average Bonchev–Trinajstić information content (AvgIpc) is 2.59. The maximum Gasteiger partial charge on any atom is 0.187 e. The number of ketones is 1. The van der Waals surface area contributed by atoms with Crippen LogP contribution in [0.2, 0.25) is 0 Å². The molecule has 0 unspecified atom stereocenters. The molecule has 1 aliphatic rings. The Morgan fingerprint density at radius 1 is 0.923 bits per heavy atom. The van der Waals surface area contributed by atoms with Crippen molar-refractivity contribution in [2.24, 2.45) is 0 Å². The zero-order valence-electron chi connectivity index (χ0n) is 14.7. The predicted octanol–water partition coefficient (Wildman–Crippen LogP) is 5.97. The number of likely N-dealkylation sites (tertiary alicyclic amines) is 1. The number of Topliss-reactive ketones (excluding diaryl/α,β-unsaturated/α-hetero) is 1. The zero-order valence-corrected chi connectivity index (χ0v) is 17.9. The van der Waals surface area contributed by atoms with Crippen LogP contribution in [-0.4, -0.2) is 30.3 Å². The van der Waals surface area contributed by atoms with Crippen molar-refractivity contribution in [2.45, 2.75) is 13.3 Å². The zero-order chi connectivity index (χ0) is 18.5. The number of carbonyl (C=O) groups excluding carboxylic acids is 1. The molecule has 0 aliphatic carbocycles. The minimum atomic E-state index is 0.150. The molecular formula is C22H21Br2NO. The highest BCUT2D eigenvalue weighted by atomic mass is 79.9. The summed E-state index contributed by atoms with van der Waals surface area (Å²) in [4.78, 5) is 15.4. The van der Waals surface area contributed by atoms with E-state index in [-0.39, 0.29) is 5.78 Å². The molecule has 26 heavy (non-hydrogen) atoms. The number of nitrogens with zero attached hydrogens (tertiary/aromatic N) is 1. The highest BCUT2D eigenvalue weighted by molar-refractivity contribution is 9.10. The fourth-order valence-corrected chi connectivity index (χ4v) is 4.01. The van der Waals surface area contributed by atoms with Crippen LogP contribution in [0.3, 0.4) is 0 Å². The number of hydrogen-bond acceptors (Lipinski definition) is 2. The molecule has 134 valence electrons. The quantitative estimate of drug-likeness (QED) is 0.508. The van der Waals surface area contributed by atoms with E-state index >= 15 is 0 Å². The van der Waals surface area contributed by atoms with E-state index in [0.29, 0.717) is 13.1 Å². The fourth-order valence-electron chi connectivity index (χ4n) is 3.18. The van der Waals surface area contributed by atoms with Crippen LogP contribution in [0.25, 0.3) is 12.2 Å². The van der Waals surface area contributed by atoms with E-state index in [1.54, 1.807) is 0 Å². The van der Waals surface area contributed by atoms with Gasteiger partial charge in [0.25, 0.3) is 0 Å². The molecular weight excluding hydrogens is 454 g/mol. The summed E-state index contributed by atoms with van der Waals surface area (Å²) in [6.07, 6.45) is 5.11. The molecule has 1 fully saturated rings. The molecule has 2 nitrogen and oxygen atoms in total. The normalized spacial score (nSPS) is 18.7. The van der Waals surface area contributed by atoms with Gasteiger partial charge in [0.2, 0.25) is 0 Å². The van der Waals surface area contributed by atoms with Crippen LogP contribution < -0.4 is 0 Å². The van der Waals surface area contributed by atoms with Gasteiger partial charge < -0.3 is 0 Å². The van der Waals surface area contributed by atoms with Crippen LogP contribution in [-0.2, 0) is 4.79 Å². The van der Waals surface area contributed by atoms with Crippen molar-refractivity contribution in [2.75, 3.05) is 19.6 Å². The summed E-state index contributed by atoms with van der Waals surface area (Å²) >= 11 is 7.00. The lowest BCUT2D eigenvalue weighted by molar-refractivity contribution is -0.113. The Kier molecular flexibility index (Phi) is 6.63. The summed E-state index contributed by atoms with van der Waals surface area (Å²) in [6.45, 7) is 4.56. The van der Waals surface area contributed by atoms with Crippen LogP contribution in [0.4, 0.5) is 0 Å². The summed E-state index contributed by atoms with van der Waals surface area (Å²) < 4.78 is 2.04. The van der Waals surface area contributed by atoms with Gasteiger partial charge in [-0.2, -0.15) is 0 Å². The van der Waals surface area contributed by atoms with Crippen molar-refractivity contribution >= 4 is 49.8 Å². The van der Waals surface area contributed by atoms with Crippen LogP contribution in [0.5, 0.6) is 0 Å². The van der Waals surface area contributed by atoms with Crippen molar-refractivity contribution in [3.63, 3.8) is 0 Å². The van der Waals surface area contributed by atoms with Gasteiger partial charge in [-0.1, -0.05) is 63.0 Å². The molecule has 2 aromatic carbocycles. The molecule has 0 radical (unpaired) electrons. The predicted molar refractivity (Wildman–Crippen MR) is 116 cm³/mol. The van der Waals surface area contributed by atoms with Crippen molar-refractivity contribution in [3.8, 4) is 0 Å². The summed E-state index contributed by atoms with van der Waals surface area (Å²) in [5, 5.41) is 0. The molecule has 1 saturated heterocycles. The molecule has 0 bridgehead atoms. The smallest absolute Gasteiger partial charge is 0.187 e. The number of halogens is 2. The van der Waals surface area contributed by atoms with Crippen molar-refractivity contribution in [3.05, 3.63) is 79.7 Å². The van der Waals surface area contributed by atoms with E-state index in [9.17, 15) is 4.79 Å². The van der Waals surface area contributed by atoms with E-state index < -0.39 is 0 Å². The molecule has 0 amide bonds. The first kappa shape index (κ1) is 19.3. The topological polar surface area (TPSA) is 20.3 Å². The molecule has 0 spiro atoms. The number of carbonyl (C=O) groups is 1. The molecule has 3 rings (SSSR count). The van der Waals surface area contributed by atoms with Crippen molar-refractivity contribution in [1.82, 2.24) is 4.90 Å². The monoisotopic (exact) mass is 473 g/mol. The Morgan fingerprint density at radius 2 is 1.42 bits per heavy atom.